The van der Waals surface area contributed by atoms with E-state index in [0.29, 0.717) is 36.0 Å². The number of rotatable bonds is 16. The Balaban J connectivity index is 1.30. The Hall–Kier alpha value is -1.74. The van der Waals surface area contributed by atoms with E-state index in [1.54, 1.807) is 7.11 Å². The van der Waals surface area contributed by atoms with Gasteiger partial charge < -0.3 is 25.6 Å². The maximum atomic E-state index is 13.0. The van der Waals surface area contributed by atoms with Gasteiger partial charge in [-0.3, -0.25) is 9.59 Å². The number of Topliss-reactive ketones (excluding diaryl/α,β-unsaturated/α-hetero) is 1. The number of carbonyl (C=O) groups excluding carboxylic acids is 2. The molecule has 0 aromatic carbocycles. The van der Waals surface area contributed by atoms with E-state index in [2.05, 4.69) is 30.0 Å². The van der Waals surface area contributed by atoms with Gasteiger partial charge in [0.2, 0.25) is 0 Å². The van der Waals surface area contributed by atoms with Crippen LogP contribution >= 0.6 is 0 Å². The molecule has 0 aromatic rings. The molecule has 242 valence electrons. The molecule has 8 heteroatoms. The highest BCUT2D eigenvalue weighted by Gasteiger charge is 2.45. The minimum absolute atomic E-state index is 0.110. The molecule has 4 rings (SSSR count). The molecule has 4 aliphatic rings. The summed E-state index contributed by atoms with van der Waals surface area (Å²) in [7, 11) is 1.64. The molecule has 0 bridgehead atoms. The summed E-state index contributed by atoms with van der Waals surface area (Å²) >= 11 is 0. The van der Waals surface area contributed by atoms with E-state index >= 15 is 0 Å². The van der Waals surface area contributed by atoms with Crippen molar-refractivity contribution in [3.05, 3.63) is 17.7 Å². The SMILES string of the molecule is CC[C@H](CC[C@H](CC(=O)CCC1CCC(O)C(OC)C1)OC(C)=O)CC1=C(CC2(C3CCNC(N)C3)CCCC2)C=N[CH+]1. The summed E-state index contributed by atoms with van der Waals surface area (Å²) in [5.74, 6) is 1.33. The summed E-state index contributed by atoms with van der Waals surface area (Å²) in [6.45, 7) is 6.75. The number of aliphatic hydroxyl groups excluding tert-OH is 1. The van der Waals surface area contributed by atoms with Crippen molar-refractivity contribution < 1.29 is 24.2 Å². The first kappa shape index (κ1) is 34.1. The number of esters is 1. The average Bonchev–Trinajstić information content (AvgIpc) is 3.64. The summed E-state index contributed by atoms with van der Waals surface area (Å²) in [5.41, 5.74) is 9.45. The number of nitrogens with zero attached hydrogens (tertiary/aromatic N) is 1. The predicted octanol–water partition coefficient (Wildman–Crippen LogP) is 5.81. The van der Waals surface area contributed by atoms with Crippen molar-refractivity contribution in [2.75, 3.05) is 13.7 Å². The fourth-order valence-corrected chi connectivity index (χ4v) is 8.47. The van der Waals surface area contributed by atoms with Gasteiger partial charge in [0.1, 0.15) is 24.0 Å². The van der Waals surface area contributed by atoms with Crippen molar-refractivity contribution in [3.8, 4) is 0 Å². The van der Waals surface area contributed by atoms with Crippen molar-refractivity contribution in [2.24, 2.45) is 33.9 Å². The van der Waals surface area contributed by atoms with E-state index in [0.717, 1.165) is 64.3 Å². The van der Waals surface area contributed by atoms with Crippen LogP contribution in [0.4, 0.5) is 0 Å². The monoisotopic (exact) mass is 600 g/mol. The summed E-state index contributed by atoms with van der Waals surface area (Å²) in [6, 6.07) is 0. The quantitative estimate of drug-likeness (QED) is 0.151. The van der Waals surface area contributed by atoms with Gasteiger partial charge in [0.05, 0.1) is 23.9 Å². The zero-order valence-corrected chi connectivity index (χ0v) is 27.0. The largest absolute Gasteiger partial charge is 0.462 e. The normalized spacial score (nSPS) is 30.2. The topological polar surface area (TPSA) is 123 Å². The molecular weight excluding hydrogens is 542 g/mol. The molecule has 2 aliphatic carbocycles. The lowest BCUT2D eigenvalue weighted by molar-refractivity contribution is -0.148. The van der Waals surface area contributed by atoms with Gasteiger partial charge >= 0.3 is 5.97 Å². The van der Waals surface area contributed by atoms with Crippen LogP contribution in [-0.2, 0) is 19.1 Å². The Kier molecular flexibility index (Phi) is 13.1. The molecule has 4 N–H and O–H groups in total. The first-order valence-electron chi connectivity index (χ1n) is 17.2. The minimum atomic E-state index is -0.408. The average molecular weight is 601 g/mol. The van der Waals surface area contributed by atoms with Gasteiger partial charge in [0.25, 0.3) is 0 Å². The molecule has 8 nitrogen and oxygen atoms in total. The third-order valence-corrected chi connectivity index (χ3v) is 11.1. The fraction of sp³-hybridized carbons (Fsp3) is 0.829. The fourth-order valence-electron chi connectivity index (χ4n) is 8.47. The van der Waals surface area contributed by atoms with Gasteiger partial charge in [0, 0.05) is 39.7 Å². The number of nitrogens with one attached hydrogen (secondary N) is 1. The number of aliphatic imine (C=N–C) groups is 1. The second-order valence-corrected chi connectivity index (χ2v) is 14.1. The van der Waals surface area contributed by atoms with E-state index in [4.69, 9.17) is 15.2 Å². The predicted molar refractivity (Wildman–Crippen MR) is 170 cm³/mol. The Morgan fingerprint density at radius 2 is 2.00 bits per heavy atom. The van der Waals surface area contributed by atoms with Crippen molar-refractivity contribution in [3.63, 3.8) is 0 Å². The zero-order chi connectivity index (χ0) is 30.8. The number of hydrogen-bond acceptors (Lipinski definition) is 8. The van der Waals surface area contributed by atoms with Gasteiger partial charge in [-0.05, 0) is 93.9 Å². The third-order valence-electron chi connectivity index (χ3n) is 11.1. The van der Waals surface area contributed by atoms with Crippen LogP contribution < -0.4 is 11.1 Å². The highest BCUT2D eigenvalue weighted by Crippen LogP contribution is 2.52. The van der Waals surface area contributed by atoms with Gasteiger partial charge in [0.15, 0.2) is 6.21 Å². The van der Waals surface area contributed by atoms with Crippen LogP contribution in [0.2, 0.25) is 0 Å². The number of nitrogens with two attached hydrogens (primary N) is 1. The van der Waals surface area contributed by atoms with Crippen LogP contribution in [-0.4, -0.2) is 61.2 Å². The Bertz CT molecular complexity index is 975. The van der Waals surface area contributed by atoms with Crippen LogP contribution in [0.1, 0.15) is 123 Å². The zero-order valence-electron chi connectivity index (χ0n) is 27.0. The summed E-state index contributed by atoms with van der Waals surface area (Å²) in [4.78, 5) is 29.5. The molecule has 0 radical (unpaired) electrons. The molecule has 43 heavy (non-hydrogen) atoms. The molecule has 1 saturated heterocycles. The van der Waals surface area contributed by atoms with Crippen molar-refractivity contribution >= 4 is 18.0 Å². The number of allylic oxidation sites excluding steroid dienone is 1. The molecule has 0 spiro atoms. The number of ether oxygens (including phenoxy) is 2. The smallest absolute Gasteiger partial charge is 0.302 e. The van der Waals surface area contributed by atoms with Crippen LogP contribution in [0.25, 0.3) is 0 Å². The van der Waals surface area contributed by atoms with E-state index < -0.39 is 6.10 Å². The van der Waals surface area contributed by atoms with Gasteiger partial charge in [-0.1, -0.05) is 26.2 Å². The van der Waals surface area contributed by atoms with Crippen LogP contribution in [0.15, 0.2) is 16.1 Å². The number of methoxy groups -OCH3 is 1. The van der Waals surface area contributed by atoms with Crippen molar-refractivity contribution in [2.45, 2.75) is 147 Å². The van der Waals surface area contributed by atoms with Crippen LogP contribution in [0, 0.1) is 29.7 Å². The van der Waals surface area contributed by atoms with E-state index in [1.165, 1.54) is 50.2 Å². The molecule has 5 unspecified atom stereocenters. The minimum Gasteiger partial charge on any atom is -0.462 e. The Morgan fingerprint density at radius 1 is 1.21 bits per heavy atom. The van der Waals surface area contributed by atoms with Gasteiger partial charge in [-0.2, -0.15) is 0 Å². The number of carbonyl (C=O) groups is 2. The molecule has 0 amide bonds. The molecule has 2 saturated carbocycles. The summed E-state index contributed by atoms with van der Waals surface area (Å²) in [5, 5.41) is 13.5. The van der Waals surface area contributed by atoms with Crippen molar-refractivity contribution in [1.82, 2.24) is 5.32 Å². The maximum Gasteiger partial charge on any atom is 0.302 e. The highest BCUT2D eigenvalue weighted by atomic mass is 16.5. The van der Waals surface area contributed by atoms with Crippen LogP contribution in [0.5, 0.6) is 0 Å². The van der Waals surface area contributed by atoms with E-state index in [9.17, 15) is 14.7 Å². The standard InChI is InChI=1S/C35H58N3O5/c1-4-25(8-11-31(43-24(2)39)20-30(40)10-7-26-9-12-32(41)33(18-26)42-3)17-27-22-37-23-28(27)21-35(14-5-6-15-35)29-13-16-38-34(36)19-29/h22-23,25-26,29,31-34,38,41H,4-21,36H2,1-3H3/q+1/t25-,26?,29?,31-,32?,33?,34?/m1/s1. The van der Waals surface area contributed by atoms with Crippen LogP contribution in [0.3, 0.4) is 0 Å². The number of aliphatic hydroxyl groups is 1. The number of hydrogen-bond donors (Lipinski definition) is 3. The van der Waals surface area contributed by atoms with E-state index in [-0.39, 0.29) is 36.5 Å². The lowest BCUT2D eigenvalue weighted by Crippen LogP contribution is -2.48. The summed E-state index contributed by atoms with van der Waals surface area (Å²) in [6.07, 6.45) is 17.5. The van der Waals surface area contributed by atoms with Gasteiger partial charge in [-0.15, -0.1) is 4.99 Å². The molecular formula is C35H58N3O5+. The van der Waals surface area contributed by atoms with Gasteiger partial charge in [-0.25, -0.2) is 0 Å². The Morgan fingerprint density at radius 3 is 2.70 bits per heavy atom. The second-order valence-electron chi connectivity index (χ2n) is 14.1. The first-order chi connectivity index (χ1) is 20.7. The highest BCUT2D eigenvalue weighted by molar-refractivity contribution is 5.84. The lowest BCUT2D eigenvalue weighted by Gasteiger charge is -2.41. The lowest BCUT2D eigenvalue weighted by atomic mass is 9.65. The molecule has 7 atom stereocenters. The number of ketones is 1. The molecule has 2 heterocycles. The van der Waals surface area contributed by atoms with E-state index in [1.807, 2.05) is 0 Å². The first-order valence-corrected chi connectivity index (χ1v) is 17.2. The Labute approximate surface area is 260 Å². The molecule has 2 aliphatic heterocycles. The number of piperidine rings is 1. The second kappa shape index (κ2) is 16.5. The molecule has 3 fully saturated rings. The maximum absolute atomic E-state index is 13.0. The van der Waals surface area contributed by atoms with Crippen molar-refractivity contribution in [1.29, 1.82) is 0 Å². The third kappa shape index (κ3) is 9.87. The summed E-state index contributed by atoms with van der Waals surface area (Å²) < 4.78 is 11.1. The molecule has 0 aromatic heterocycles.